The number of allylic oxidation sites excluding steroid dienone is 2. The van der Waals surface area contributed by atoms with Crippen molar-refractivity contribution >= 4 is 11.9 Å². The minimum absolute atomic E-state index is 0.0835. The van der Waals surface area contributed by atoms with E-state index in [1.54, 1.807) is 24.9 Å². The molecule has 1 aliphatic carbocycles. The van der Waals surface area contributed by atoms with E-state index in [0.717, 1.165) is 12.8 Å². The molecule has 0 radical (unpaired) electrons. The quantitative estimate of drug-likeness (QED) is 0.618. The van der Waals surface area contributed by atoms with Gasteiger partial charge >= 0.3 is 5.97 Å². The van der Waals surface area contributed by atoms with Crippen molar-refractivity contribution in [1.29, 1.82) is 0 Å². The zero-order valence-corrected chi connectivity index (χ0v) is 12.7. The zero-order chi connectivity index (χ0) is 15.4. The van der Waals surface area contributed by atoms with E-state index in [4.69, 9.17) is 4.42 Å². The van der Waals surface area contributed by atoms with Crippen LogP contribution < -0.4 is 0 Å². The summed E-state index contributed by atoms with van der Waals surface area (Å²) in [6, 6.07) is 1.64. The molecule has 1 unspecified atom stereocenters. The van der Waals surface area contributed by atoms with Gasteiger partial charge in [-0.05, 0) is 31.7 Å². The average Bonchev–Trinajstić information content (AvgIpc) is 3.07. The molecule has 5 heteroatoms. The molecular weight excluding hydrogens is 270 g/mol. The molecular formula is C16H21NO4. The van der Waals surface area contributed by atoms with Gasteiger partial charge in [-0.15, -0.1) is 0 Å². The number of furan rings is 1. The van der Waals surface area contributed by atoms with E-state index in [2.05, 4.69) is 16.9 Å². The van der Waals surface area contributed by atoms with Crippen molar-refractivity contribution in [2.45, 2.75) is 32.7 Å². The van der Waals surface area contributed by atoms with Gasteiger partial charge in [-0.3, -0.25) is 4.79 Å². The summed E-state index contributed by atoms with van der Waals surface area (Å²) in [4.78, 5) is 25.3. The van der Waals surface area contributed by atoms with Crippen LogP contribution in [0.4, 0.5) is 0 Å². The Morgan fingerprint density at radius 1 is 1.48 bits per heavy atom. The molecule has 0 bridgehead atoms. The first-order chi connectivity index (χ1) is 10.0. The number of carbonyl (C=O) groups is 2. The molecule has 5 nitrogen and oxygen atoms in total. The Morgan fingerprint density at radius 3 is 2.86 bits per heavy atom. The Balaban J connectivity index is 1.95. The Kier molecular flexibility index (Phi) is 4.83. The lowest BCUT2D eigenvalue weighted by molar-refractivity contribution is -0.131. The highest BCUT2D eigenvalue weighted by Gasteiger charge is 2.20. The van der Waals surface area contributed by atoms with Crippen molar-refractivity contribution in [3.63, 3.8) is 0 Å². The minimum atomic E-state index is -0.424. The van der Waals surface area contributed by atoms with E-state index in [9.17, 15) is 9.59 Å². The second-order valence-corrected chi connectivity index (χ2v) is 5.39. The summed E-state index contributed by atoms with van der Waals surface area (Å²) in [5.41, 5.74) is 0.409. The Morgan fingerprint density at radius 2 is 2.24 bits per heavy atom. The zero-order valence-electron chi connectivity index (χ0n) is 12.7. The number of carbonyl (C=O) groups excluding carboxylic acids is 2. The van der Waals surface area contributed by atoms with E-state index in [1.165, 1.54) is 7.11 Å². The summed E-state index contributed by atoms with van der Waals surface area (Å²) < 4.78 is 10.2. The highest BCUT2D eigenvalue weighted by Crippen LogP contribution is 2.22. The molecule has 0 aromatic carbocycles. The monoisotopic (exact) mass is 291 g/mol. The SMILES string of the molecule is COC(=O)c1cc(CN(C)C(=O)CC2C=CCC2)oc1C. The summed E-state index contributed by atoms with van der Waals surface area (Å²) in [6.45, 7) is 2.06. The third-order valence-corrected chi connectivity index (χ3v) is 3.74. The van der Waals surface area contributed by atoms with Crippen molar-refractivity contribution in [2.24, 2.45) is 5.92 Å². The largest absolute Gasteiger partial charge is 0.465 e. The van der Waals surface area contributed by atoms with Crippen molar-refractivity contribution in [3.05, 3.63) is 35.3 Å². The lowest BCUT2D eigenvalue weighted by atomic mass is 10.0. The van der Waals surface area contributed by atoms with E-state index < -0.39 is 5.97 Å². The number of amides is 1. The first-order valence-corrected chi connectivity index (χ1v) is 7.09. The molecule has 1 atom stereocenters. The maximum Gasteiger partial charge on any atom is 0.341 e. The molecule has 0 spiro atoms. The summed E-state index contributed by atoms with van der Waals surface area (Å²) in [6.07, 6.45) is 6.86. The van der Waals surface area contributed by atoms with Crippen LogP contribution in [0.3, 0.4) is 0 Å². The minimum Gasteiger partial charge on any atom is -0.465 e. The van der Waals surface area contributed by atoms with Crippen molar-refractivity contribution in [1.82, 2.24) is 4.90 Å². The number of hydrogen-bond acceptors (Lipinski definition) is 4. The maximum absolute atomic E-state index is 12.1. The highest BCUT2D eigenvalue weighted by molar-refractivity contribution is 5.90. The number of rotatable bonds is 5. The summed E-state index contributed by atoms with van der Waals surface area (Å²) in [7, 11) is 3.08. The van der Waals surface area contributed by atoms with Gasteiger partial charge in [0.15, 0.2) is 0 Å². The van der Waals surface area contributed by atoms with Crippen LogP contribution in [-0.2, 0) is 16.1 Å². The van der Waals surface area contributed by atoms with Crippen molar-refractivity contribution in [2.75, 3.05) is 14.2 Å². The second kappa shape index (κ2) is 6.61. The third-order valence-electron chi connectivity index (χ3n) is 3.74. The molecule has 1 aliphatic rings. The molecule has 21 heavy (non-hydrogen) atoms. The highest BCUT2D eigenvalue weighted by atomic mass is 16.5. The molecule has 114 valence electrons. The van der Waals surface area contributed by atoms with Crippen molar-refractivity contribution < 1.29 is 18.7 Å². The van der Waals surface area contributed by atoms with E-state index in [-0.39, 0.29) is 5.91 Å². The Labute approximate surface area is 124 Å². The van der Waals surface area contributed by atoms with E-state index >= 15 is 0 Å². The maximum atomic E-state index is 12.1. The topological polar surface area (TPSA) is 59.8 Å². The molecule has 1 aromatic rings. The Hall–Kier alpha value is -2.04. The van der Waals surface area contributed by atoms with Crippen molar-refractivity contribution in [3.8, 4) is 0 Å². The molecule has 2 rings (SSSR count). The molecule has 0 N–H and O–H groups in total. The first-order valence-electron chi connectivity index (χ1n) is 7.09. The van der Waals surface area contributed by atoms with Gasteiger partial charge in [-0.25, -0.2) is 4.79 Å². The molecule has 0 fully saturated rings. The summed E-state index contributed by atoms with van der Waals surface area (Å²) in [5, 5.41) is 0. The van der Waals surface area contributed by atoms with Crippen LogP contribution in [-0.4, -0.2) is 30.9 Å². The summed E-state index contributed by atoms with van der Waals surface area (Å²) in [5.74, 6) is 1.11. The smallest absolute Gasteiger partial charge is 0.341 e. The Bertz CT molecular complexity index is 559. The molecule has 0 saturated heterocycles. The van der Waals surface area contributed by atoms with Crippen LogP contribution >= 0.6 is 0 Å². The standard InChI is InChI=1S/C16H21NO4/c1-11-14(16(19)20-3)9-13(21-11)10-17(2)15(18)8-12-6-4-5-7-12/h4,6,9,12H,5,7-8,10H2,1-3H3. The van der Waals surface area contributed by atoms with E-state index in [0.29, 0.717) is 36.0 Å². The van der Waals surface area contributed by atoms with Gasteiger partial charge in [0.1, 0.15) is 17.1 Å². The number of aryl methyl sites for hydroxylation is 1. The molecule has 1 heterocycles. The van der Waals surface area contributed by atoms with Gasteiger partial charge in [0.2, 0.25) is 5.91 Å². The van der Waals surface area contributed by atoms with Gasteiger partial charge < -0.3 is 14.1 Å². The third kappa shape index (κ3) is 3.74. The first kappa shape index (κ1) is 15.4. The molecule has 0 saturated carbocycles. The predicted octanol–water partition coefficient (Wildman–Crippen LogP) is 2.69. The lowest BCUT2D eigenvalue weighted by Crippen LogP contribution is -2.27. The molecule has 0 aliphatic heterocycles. The normalized spacial score (nSPS) is 17.0. The fourth-order valence-electron chi connectivity index (χ4n) is 2.50. The van der Waals surface area contributed by atoms with Gasteiger partial charge in [0.05, 0.1) is 13.7 Å². The van der Waals surface area contributed by atoms with Crippen LogP contribution in [0.2, 0.25) is 0 Å². The molecule has 1 amide bonds. The lowest BCUT2D eigenvalue weighted by Gasteiger charge is -2.17. The van der Waals surface area contributed by atoms with E-state index in [1.807, 2.05) is 0 Å². The van der Waals surface area contributed by atoms with Gasteiger partial charge in [0.25, 0.3) is 0 Å². The fourth-order valence-corrected chi connectivity index (χ4v) is 2.50. The fraction of sp³-hybridized carbons (Fsp3) is 0.500. The van der Waals surface area contributed by atoms with Crippen LogP contribution in [0.25, 0.3) is 0 Å². The van der Waals surface area contributed by atoms with Crippen LogP contribution in [0.1, 0.15) is 41.1 Å². The van der Waals surface area contributed by atoms with Gasteiger partial charge in [-0.1, -0.05) is 12.2 Å². The average molecular weight is 291 g/mol. The number of hydrogen-bond donors (Lipinski definition) is 0. The number of nitrogens with zero attached hydrogens (tertiary/aromatic N) is 1. The van der Waals surface area contributed by atoms with Gasteiger partial charge in [0, 0.05) is 13.5 Å². The van der Waals surface area contributed by atoms with Crippen LogP contribution in [0.15, 0.2) is 22.6 Å². The summed E-state index contributed by atoms with van der Waals surface area (Å²) >= 11 is 0. The number of esters is 1. The number of ether oxygens (including phenoxy) is 1. The van der Waals surface area contributed by atoms with Crippen LogP contribution in [0, 0.1) is 12.8 Å². The second-order valence-electron chi connectivity index (χ2n) is 5.39. The predicted molar refractivity (Wildman–Crippen MR) is 77.7 cm³/mol. The van der Waals surface area contributed by atoms with Crippen LogP contribution in [0.5, 0.6) is 0 Å². The molecule has 1 aromatic heterocycles. The van der Waals surface area contributed by atoms with Gasteiger partial charge in [-0.2, -0.15) is 0 Å². The number of methoxy groups -OCH3 is 1.